The second-order valence-electron chi connectivity index (χ2n) is 5.52. The van der Waals surface area contributed by atoms with E-state index >= 15 is 0 Å². The molecule has 2 N–H and O–H groups in total. The molecule has 1 aromatic heterocycles. The summed E-state index contributed by atoms with van der Waals surface area (Å²) in [5, 5.41) is 12.8. The number of nitrogens with one attached hydrogen (secondary N) is 1. The number of nitrogens with zero attached hydrogens (tertiary/aromatic N) is 2. The zero-order valence-corrected chi connectivity index (χ0v) is 12.9. The van der Waals surface area contributed by atoms with Crippen LogP contribution in [-0.2, 0) is 19.5 Å². The predicted octanol–water partition coefficient (Wildman–Crippen LogP) is 3.11. The molecular weight excluding hydrogens is 262 g/mol. The number of hydrogen-bond acceptors (Lipinski definition) is 3. The van der Waals surface area contributed by atoms with Crippen LogP contribution in [0.1, 0.15) is 38.1 Å². The van der Waals surface area contributed by atoms with E-state index in [2.05, 4.69) is 28.7 Å². The average Bonchev–Trinajstić information content (AvgIpc) is 2.92. The molecule has 0 saturated heterocycles. The van der Waals surface area contributed by atoms with E-state index < -0.39 is 0 Å². The van der Waals surface area contributed by atoms with Crippen molar-refractivity contribution in [3.8, 4) is 5.75 Å². The van der Waals surface area contributed by atoms with Gasteiger partial charge in [0.2, 0.25) is 0 Å². The Hall–Kier alpha value is -1.81. The summed E-state index contributed by atoms with van der Waals surface area (Å²) in [4.78, 5) is 4.41. The van der Waals surface area contributed by atoms with Crippen LogP contribution in [0.4, 0.5) is 0 Å². The Kier molecular flexibility index (Phi) is 5.81. The van der Waals surface area contributed by atoms with E-state index in [1.165, 1.54) is 5.56 Å². The molecule has 2 rings (SSSR count). The van der Waals surface area contributed by atoms with Crippen molar-refractivity contribution >= 4 is 0 Å². The van der Waals surface area contributed by atoms with Gasteiger partial charge in [0.25, 0.3) is 0 Å². The Balaban J connectivity index is 1.75. The van der Waals surface area contributed by atoms with Crippen LogP contribution in [0, 0.1) is 0 Å². The van der Waals surface area contributed by atoms with Crippen molar-refractivity contribution < 1.29 is 5.11 Å². The molecule has 0 aliphatic heterocycles. The Morgan fingerprint density at radius 2 is 2.05 bits per heavy atom. The Bertz CT molecular complexity index is 533. The van der Waals surface area contributed by atoms with Crippen molar-refractivity contribution in [3.05, 3.63) is 48.0 Å². The summed E-state index contributed by atoms with van der Waals surface area (Å²) in [6.07, 6.45) is 7.12. The highest BCUT2D eigenvalue weighted by Gasteiger charge is 2.06. The molecule has 2 aromatic rings. The van der Waals surface area contributed by atoms with Crippen LogP contribution >= 0.6 is 0 Å². The van der Waals surface area contributed by atoms with Gasteiger partial charge in [0.05, 0.1) is 6.54 Å². The lowest BCUT2D eigenvalue weighted by atomic mass is 10.1. The lowest BCUT2D eigenvalue weighted by molar-refractivity contribution is 0.474. The highest BCUT2D eigenvalue weighted by Crippen LogP contribution is 2.12. The smallest absolute Gasteiger partial charge is 0.122 e. The minimum absolute atomic E-state index is 0.327. The molecule has 0 radical (unpaired) electrons. The van der Waals surface area contributed by atoms with Gasteiger partial charge in [-0.1, -0.05) is 19.1 Å². The van der Waals surface area contributed by atoms with Gasteiger partial charge < -0.3 is 15.0 Å². The number of phenols is 1. The highest BCUT2D eigenvalue weighted by atomic mass is 16.3. The molecule has 0 amide bonds. The average molecular weight is 287 g/mol. The van der Waals surface area contributed by atoms with Crippen LogP contribution in [0.25, 0.3) is 0 Å². The maximum atomic E-state index is 9.27. The fourth-order valence-electron chi connectivity index (χ4n) is 2.37. The summed E-state index contributed by atoms with van der Waals surface area (Å²) < 4.78 is 2.21. The first-order valence-electron chi connectivity index (χ1n) is 7.70. The molecule has 1 heterocycles. The van der Waals surface area contributed by atoms with E-state index in [1.54, 1.807) is 12.1 Å². The quantitative estimate of drug-likeness (QED) is 0.784. The standard InChI is InChI=1S/C17H25N3O/c1-3-11-20-12-10-18-17(20)13-19-14(2)4-5-15-6-8-16(21)9-7-15/h6-10,12,14,19,21H,3-5,11,13H2,1-2H3. The van der Waals surface area contributed by atoms with Gasteiger partial charge in [-0.25, -0.2) is 4.98 Å². The zero-order chi connectivity index (χ0) is 15.1. The third-order valence-corrected chi connectivity index (χ3v) is 3.68. The molecule has 0 saturated carbocycles. The number of aromatic nitrogens is 2. The summed E-state index contributed by atoms with van der Waals surface area (Å²) in [6, 6.07) is 7.89. The third-order valence-electron chi connectivity index (χ3n) is 3.68. The van der Waals surface area contributed by atoms with Gasteiger partial charge in [-0.2, -0.15) is 0 Å². The molecule has 1 unspecified atom stereocenters. The molecule has 4 heteroatoms. The number of imidazole rings is 1. The first-order chi connectivity index (χ1) is 10.2. The fourth-order valence-corrected chi connectivity index (χ4v) is 2.37. The van der Waals surface area contributed by atoms with E-state index in [-0.39, 0.29) is 0 Å². The number of benzene rings is 1. The predicted molar refractivity (Wildman–Crippen MR) is 85.2 cm³/mol. The summed E-state index contributed by atoms with van der Waals surface area (Å²) in [5.41, 5.74) is 1.26. The molecular formula is C17H25N3O. The topological polar surface area (TPSA) is 50.1 Å². The lowest BCUT2D eigenvalue weighted by Crippen LogP contribution is -2.27. The lowest BCUT2D eigenvalue weighted by Gasteiger charge is -2.14. The van der Waals surface area contributed by atoms with Gasteiger partial charge in [0.1, 0.15) is 11.6 Å². The maximum absolute atomic E-state index is 9.27. The van der Waals surface area contributed by atoms with Crippen LogP contribution < -0.4 is 5.32 Å². The summed E-state index contributed by atoms with van der Waals surface area (Å²) in [6.45, 7) is 6.22. The van der Waals surface area contributed by atoms with E-state index in [0.29, 0.717) is 11.8 Å². The van der Waals surface area contributed by atoms with E-state index in [0.717, 1.165) is 38.2 Å². The van der Waals surface area contributed by atoms with Crippen LogP contribution in [-0.4, -0.2) is 20.7 Å². The van der Waals surface area contributed by atoms with Crippen molar-refractivity contribution in [1.29, 1.82) is 0 Å². The van der Waals surface area contributed by atoms with Crippen molar-refractivity contribution in [3.63, 3.8) is 0 Å². The van der Waals surface area contributed by atoms with Crippen molar-refractivity contribution in [1.82, 2.24) is 14.9 Å². The Labute approximate surface area is 126 Å². The Morgan fingerprint density at radius 1 is 1.29 bits per heavy atom. The van der Waals surface area contributed by atoms with Gasteiger partial charge in [0.15, 0.2) is 0 Å². The van der Waals surface area contributed by atoms with Gasteiger partial charge in [-0.15, -0.1) is 0 Å². The molecule has 0 spiro atoms. The second-order valence-corrected chi connectivity index (χ2v) is 5.52. The van der Waals surface area contributed by atoms with Crippen molar-refractivity contribution in [2.24, 2.45) is 0 Å². The van der Waals surface area contributed by atoms with Gasteiger partial charge in [0, 0.05) is 25.0 Å². The number of rotatable bonds is 8. The minimum atomic E-state index is 0.327. The minimum Gasteiger partial charge on any atom is -0.508 e. The first-order valence-corrected chi connectivity index (χ1v) is 7.70. The molecule has 1 aromatic carbocycles. The molecule has 21 heavy (non-hydrogen) atoms. The van der Waals surface area contributed by atoms with Gasteiger partial charge in [-0.05, 0) is 43.9 Å². The normalized spacial score (nSPS) is 12.5. The van der Waals surface area contributed by atoms with E-state index in [4.69, 9.17) is 0 Å². The van der Waals surface area contributed by atoms with Gasteiger partial charge in [-0.3, -0.25) is 0 Å². The molecule has 114 valence electrons. The number of aryl methyl sites for hydroxylation is 2. The molecule has 0 bridgehead atoms. The first kappa shape index (κ1) is 15.6. The molecule has 4 nitrogen and oxygen atoms in total. The Morgan fingerprint density at radius 3 is 2.76 bits per heavy atom. The summed E-state index contributed by atoms with van der Waals surface area (Å²) >= 11 is 0. The summed E-state index contributed by atoms with van der Waals surface area (Å²) in [5.74, 6) is 1.43. The van der Waals surface area contributed by atoms with Crippen LogP contribution in [0.5, 0.6) is 5.75 Å². The van der Waals surface area contributed by atoms with Crippen LogP contribution in [0.3, 0.4) is 0 Å². The molecule has 0 aliphatic carbocycles. The van der Waals surface area contributed by atoms with E-state index in [1.807, 2.05) is 24.5 Å². The fraction of sp³-hybridized carbons (Fsp3) is 0.471. The van der Waals surface area contributed by atoms with Crippen molar-refractivity contribution in [2.75, 3.05) is 0 Å². The number of hydrogen-bond donors (Lipinski definition) is 2. The molecule has 0 fully saturated rings. The monoisotopic (exact) mass is 287 g/mol. The maximum Gasteiger partial charge on any atom is 0.122 e. The van der Waals surface area contributed by atoms with Crippen LogP contribution in [0.2, 0.25) is 0 Å². The van der Waals surface area contributed by atoms with Gasteiger partial charge >= 0.3 is 0 Å². The van der Waals surface area contributed by atoms with Crippen molar-refractivity contribution in [2.45, 2.75) is 52.2 Å². The van der Waals surface area contributed by atoms with E-state index in [9.17, 15) is 5.11 Å². The second kappa shape index (κ2) is 7.84. The van der Waals surface area contributed by atoms with Crippen LogP contribution in [0.15, 0.2) is 36.7 Å². The third kappa shape index (κ3) is 4.90. The molecule has 0 aliphatic rings. The number of phenolic OH excluding ortho intramolecular Hbond substituents is 1. The number of aromatic hydroxyl groups is 1. The highest BCUT2D eigenvalue weighted by molar-refractivity contribution is 5.25. The molecule has 1 atom stereocenters. The SMILES string of the molecule is CCCn1ccnc1CNC(C)CCc1ccc(O)cc1. The largest absolute Gasteiger partial charge is 0.508 e. The summed E-state index contributed by atoms with van der Waals surface area (Å²) in [7, 11) is 0. The zero-order valence-electron chi connectivity index (χ0n) is 12.9.